The predicted molar refractivity (Wildman–Crippen MR) is 95.7 cm³/mol. The van der Waals surface area contributed by atoms with Gasteiger partial charge in [0.05, 0.1) is 5.69 Å². The molecular formula is C19H15ClN2O. The highest BCUT2D eigenvalue weighted by Crippen LogP contribution is 2.39. The lowest BCUT2D eigenvalue weighted by molar-refractivity contribution is -0.112. The van der Waals surface area contributed by atoms with E-state index in [-0.39, 0.29) is 5.91 Å². The van der Waals surface area contributed by atoms with E-state index in [4.69, 9.17) is 11.6 Å². The van der Waals surface area contributed by atoms with Crippen LogP contribution in [0.1, 0.15) is 11.1 Å². The van der Waals surface area contributed by atoms with Gasteiger partial charge in [-0.25, -0.2) is 0 Å². The predicted octanol–water partition coefficient (Wildman–Crippen LogP) is 4.35. The zero-order chi connectivity index (χ0) is 16.1. The Hall–Kier alpha value is -2.52. The van der Waals surface area contributed by atoms with Crippen molar-refractivity contribution in [3.05, 3.63) is 64.8 Å². The van der Waals surface area contributed by atoms with Gasteiger partial charge in [0, 0.05) is 41.7 Å². The number of benzene rings is 2. The molecule has 3 nitrogen and oxygen atoms in total. The van der Waals surface area contributed by atoms with Crippen molar-refractivity contribution < 1.29 is 4.79 Å². The average molecular weight is 323 g/mol. The highest BCUT2D eigenvalue weighted by atomic mass is 35.5. The van der Waals surface area contributed by atoms with E-state index in [0.717, 1.165) is 27.7 Å². The summed E-state index contributed by atoms with van der Waals surface area (Å²) in [5.74, 6) is -0.00444. The molecule has 0 unspecified atom stereocenters. The molecule has 4 heteroatoms. The fraction of sp³-hybridized carbons (Fsp3) is 0.105. The SMILES string of the molecule is CN1C(=O)/C(=C/c2c(Cl)n(C)c3ccccc23)c2ccccc21. The summed E-state index contributed by atoms with van der Waals surface area (Å²) in [5, 5.41) is 1.69. The van der Waals surface area contributed by atoms with E-state index >= 15 is 0 Å². The first-order valence-electron chi connectivity index (χ1n) is 7.41. The molecule has 4 rings (SSSR count). The molecule has 0 N–H and O–H groups in total. The van der Waals surface area contributed by atoms with Gasteiger partial charge in [-0.3, -0.25) is 4.79 Å². The Labute approximate surface area is 139 Å². The van der Waals surface area contributed by atoms with Gasteiger partial charge < -0.3 is 9.47 Å². The van der Waals surface area contributed by atoms with Crippen LogP contribution < -0.4 is 4.90 Å². The Bertz CT molecular complexity index is 984. The minimum absolute atomic E-state index is 0.00444. The summed E-state index contributed by atoms with van der Waals surface area (Å²) in [6.07, 6.45) is 1.91. The number of hydrogen-bond acceptors (Lipinski definition) is 1. The van der Waals surface area contributed by atoms with Crippen LogP contribution in [0.2, 0.25) is 5.15 Å². The Morgan fingerprint density at radius 1 is 1.00 bits per heavy atom. The maximum absolute atomic E-state index is 12.6. The second kappa shape index (κ2) is 5.00. The van der Waals surface area contributed by atoms with Crippen LogP contribution in [-0.4, -0.2) is 17.5 Å². The van der Waals surface area contributed by atoms with E-state index in [9.17, 15) is 4.79 Å². The topological polar surface area (TPSA) is 25.2 Å². The standard InChI is InChI=1S/C19H15ClN2O/c1-21-16-9-5-3-7-12(16)14(18(21)20)11-15-13-8-4-6-10-17(13)22(2)19(15)23/h3-11H,1-2H3/b15-11+. The van der Waals surface area contributed by atoms with Crippen molar-refractivity contribution in [1.29, 1.82) is 0 Å². The lowest BCUT2D eigenvalue weighted by Crippen LogP contribution is -2.20. The van der Waals surface area contributed by atoms with Crippen molar-refractivity contribution in [3.8, 4) is 0 Å². The summed E-state index contributed by atoms with van der Waals surface area (Å²) < 4.78 is 1.94. The summed E-state index contributed by atoms with van der Waals surface area (Å²) in [6.45, 7) is 0. The maximum Gasteiger partial charge on any atom is 0.258 e. The number of amides is 1. The van der Waals surface area contributed by atoms with Crippen LogP contribution in [0.5, 0.6) is 0 Å². The largest absolute Gasteiger partial charge is 0.334 e. The van der Waals surface area contributed by atoms with Gasteiger partial charge in [0.25, 0.3) is 5.91 Å². The molecule has 0 fully saturated rings. The number of para-hydroxylation sites is 2. The van der Waals surface area contributed by atoms with Crippen LogP contribution in [0.4, 0.5) is 5.69 Å². The zero-order valence-electron chi connectivity index (χ0n) is 12.9. The van der Waals surface area contributed by atoms with Crippen molar-refractivity contribution in [3.63, 3.8) is 0 Å². The first-order chi connectivity index (χ1) is 11.1. The van der Waals surface area contributed by atoms with E-state index in [2.05, 4.69) is 0 Å². The highest BCUT2D eigenvalue weighted by molar-refractivity contribution is 6.38. The van der Waals surface area contributed by atoms with Gasteiger partial charge in [0.1, 0.15) is 5.15 Å². The molecule has 1 amide bonds. The minimum Gasteiger partial charge on any atom is -0.334 e. The molecule has 0 saturated carbocycles. The number of carbonyl (C=O) groups excluding carboxylic acids is 1. The number of hydrogen-bond donors (Lipinski definition) is 0. The molecule has 1 aliphatic heterocycles. The number of anilines is 1. The van der Waals surface area contributed by atoms with E-state index in [1.165, 1.54) is 0 Å². The Morgan fingerprint density at radius 3 is 2.52 bits per heavy atom. The number of aromatic nitrogens is 1. The number of rotatable bonds is 1. The van der Waals surface area contributed by atoms with Crippen molar-refractivity contribution in [2.24, 2.45) is 7.05 Å². The number of likely N-dealkylation sites (N-methyl/N-ethyl adjacent to an activating group) is 1. The van der Waals surface area contributed by atoms with Gasteiger partial charge >= 0.3 is 0 Å². The summed E-state index contributed by atoms with van der Waals surface area (Å²) in [6, 6.07) is 15.8. The summed E-state index contributed by atoms with van der Waals surface area (Å²) in [5.41, 5.74) is 4.50. The summed E-state index contributed by atoms with van der Waals surface area (Å²) in [7, 11) is 3.73. The molecule has 2 aromatic carbocycles. The third-order valence-corrected chi connectivity index (χ3v) is 4.91. The average Bonchev–Trinajstić information content (AvgIpc) is 2.97. The van der Waals surface area contributed by atoms with Crippen LogP contribution in [0.15, 0.2) is 48.5 Å². The fourth-order valence-corrected chi connectivity index (χ4v) is 3.46. The van der Waals surface area contributed by atoms with Gasteiger partial charge in [-0.05, 0) is 18.2 Å². The van der Waals surface area contributed by atoms with Gasteiger partial charge in [-0.2, -0.15) is 0 Å². The lowest BCUT2D eigenvalue weighted by Gasteiger charge is -2.07. The second-order valence-electron chi connectivity index (χ2n) is 5.72. The number of fused-ring (bicyclic) bond motifs is 2. The van der Waals surface area contributed by atoms with Gasteiger partial charge in [0.2, 0.25) is 0 Å². The molecule has 1 aliphatic rings. The molecule has 0 saturated heterocycles. The van der Waals surface area contributed by atoms with Gasteiger partial charge in [-0.1, -0.05) is 48.0 Å². The van der Waals surface area contributed by atoms with Crippen LogP contribution in [0.25, 0.3) is 22.6 Å². The fourth-order valence-electron chi connectivity index (χ4n) is 3.21. The maximum atomic E-state index is 12.6. The van der Waals surface area contributed by atoms with Crippen LogP contribution in [-0.2, 0) is 11.8 Å². The van der Waals surface area contributed by atoms with E-state index in [1.54, 1.807) is 11.9 Å². The summed E-state index contributed by atoms with van der Waals surface area (Å²) in [4.78, 5) is 14.3. The Kier molecular flexibility index (Phi) is 3.06. The van der Waals surface area contributed by atoms with Gasteiger partial charge in [-0.15, -0.1) is 0 Å². The molecule has 114 valence electrons. The van der Waals surface area contributed by atoms with Crippen molar-refractivity contribution in [1.82, 2.24) is 4.57 Å². The van der Waals surface area contributed by atoms with Crippen LogP contribution in [0, 0.1) is 0 Å². The molecule has 0 radical (unpaired) electrons. The Morgan fingerprint density at radius 2 is 1.70 bits per heavy atom. The molecule has 0 bridgehead atoms. The molecular weight excluding hydrogens is 308 g/mol. The molecule has 0 aliphatic carbocycles. The third-order valence-electron chi connectivity index (χ3n) is 4.45. The highest BCUT2D eigenvalue weighted by Gasteiger charge is 2.29. The van der Waals surface area contributed by atoms with Crippen molar-refractivity contribution >= 4 is 45.7 Å². The Balaban J connectivity index is 1.99. The first-order valence-corrected chi connectivity index (χ1v) is 7.79. The smallest absolute Gasteiger partial charge is 0.258 e. The van der Waals surface area contributed by atoms with Crippen molar-refractivity contribution in [2.75, 3.05) is 11.9 Å². The normalized spacial score (nSPS) is 15.7. The summed E-state index contributed by atoms with van der Waals surface area (Å²) >= 11 is 6.52. The van der Waals surface area contributed by atoms with E-state index in [0.29, 0.717) is 10.7 Å². The zero-order valence-corrected chi connectivity index (χ0v) is 13.6. The monoisotopic (exact) mass is 322 g/mol. The molecule has 1 aromatic heterocycles. The quantitative estimate of drug-likeness (QED) is 0.611. The van der Waals surface area contributed by atoms with Crippen LogP contribution in [0.3, 0.4) is 0 Å². The molecule has 2 heterocycles. The number of nitrogens with zero attached hydrogens (tertiary/aromatic N) is 2. The van der Waals surface area contributed by atoms with Crippen LogP contribution >= 0.6 is 11.6 Å². The third kappa shape index (κ3) is 1.93. The van der Waals surface area contributed by atoms with E-state index < -0.39 is 0 Å². The lowest BCUT2D eigenvalue weighted by atomic mass is 10.0. The number of carbonyl (C=O) groups is 1. The van der Waals surface area contributed by atoms with Crippen molar-refractivity contribution in [2.45, 2.75) is 0 Å². The molecule has 3 aromatic rings. The van der Waals surface area contributed by atoms with Gasteiger partial charge in [0.15, 0.2) is 0 Å². The first kappa shape index (κ1) is 14.1. The second-order valence-corrected chi connectivity index (χ2v) is 6.08. The molecule has 0 atom stereocenters. The molecule has 23 heavy (non-hydrogen) atoms. The van der Waals surface area contributed by atoms with E-state index in [1.807, 2.05) is 66.2 Å². The number of halogens is 1. The minimum atomic E-state index is -0.00444. The molecule has 0 spiro atoms. The number of aryl methyl sites for hydroxylation is 1.